The third-order valence-electron chi connectivity index (χ3n) is 14.1. The zero-order valence-electron chi connectivity index (χ0n) is 32.2. The fraction of sp³-hybridized carbons (Fsp3) is 0.857. The molecule has 8 rings (SSSR count). The molecule has 0 saturated carbocycles. The van der Waals surface area contributed by atoms with Crippen LogP contribution in [0.4, 0.5) is 0 Å². The Morgan fingerprint density at radius 1 is 0.679 bits per heavy atom. The van der Waals surface area contributed by atoms with E-state index in [-0.39, 0.29) is 73.8 Å². The first-order chi connectivity index (χ1) is 25.3. The molecule has 0 aromatic rings. The molecule has 18 atom stereocenters. The van der Waals surface area contributed by atoms with Gasteiger partial charge in [0.25, 0.3) is 0 Å². The summed E-state index contributed by atoms with van der Waals surface area (Å²) in [4.78, 5) is 0. The summed E-state index contributed by atoms with van der Waals surface area (Å²) < 4.78 is 54.9. The van der Waals surface area contributed by atoms with Crippen molar-refractivity contribution in [1.82, 2.24) is 0 Å². The monoisotopic (exact) mass is 744 g/mol. The molecule has 0 unspecified atom stereocenters. The number of hydrogen-bond acceptors (Lipinski definition) is 11. The number of fused-ring (bicyclic) bond motifs is 7. The molecule has 11 nitrogen and oxygen atoms in total. The molecule has 8 aliphatic rings. The van der Waals surface area contributed by atoms with Crippen molar-refractivity contribution in [3.05, 3.63) is 37.0 Å². The molecule has 8 heterocycles. The largest absolute Gasteiger partial charge is 0.396 e. The predicted octanol–water partition coefficient (Wildman–Crippen LogP) is 4.77. The molecule has 0 aromatic carbocycles. The summed E-state index contributed by atoms with van der Waals surface area (Å²) in [6.45, 7) is 12.3. The van der Waals surface area contributed by atoms with Crippen LogP contribution in [0.2, 0.25) is 0 Å². The van der Waals surface area contributed by atoms with Gasteiger partial charge in [0, 0.05) is 45.1 Å². The quantitative estimate of drug-likeness (QED) is 0.246. The predicted molar refractivity (Wildman–Crippen MR) is 195 cm³/mol. The summed E-state index contributed by atoms with van der Waals surface area (Å²) >= 11 is 0. The number of ether oxygens (including phenoxy) is 8. The Bertz CT molecular complexity index is 1370. The molecule has 298 valence electrons. The third kappa shape index (κ3) is 7.29. The van der Waals surface area contributed by atoms with Gasteiger partial charge in [-0.05, 0) is 72.6 Å². The first kappa shape index (κ1) is 38.6. The summed E-state index contributed by atoms with van der Waals surface area (Å²) in [6, 6.07) is 0. The van der Waals surface area contributed by atoms with Gasteiger partial charge in [-0.15, -0.1) is 6.58 Å². The van der Waals surface area contributed by atoms with Gasteiger partial charge in [0.05, 0.1) is 96.2 Å². The molecule has 0 radical (unpaired) electrons. The Kier molecular flexibility index (Phi) is 10.9. The van der Waals surface area contributed by atoms with Crippen LogP contribution >= 0.6 is 0 Å². The average Bonchev–Trinajstić information content (AvgIpc) is 3.33. The molecule has 8 aliphatic heterocycles. The SMILES string of the molecule is C=CC/C=C\C=C/[C@H]1O[C@H]2C[C@H]3O[C@H]4CC[C@H]5O[C@H]6C[C@@]7(C)O[C@@]8(C)[C@@H](O)C[C@H](CCCO)O[C@@H]8C[C@@H]7O[C@@H]6C[C@@H]5O[C@]4(C)C[C@]3(C)O[C@@H]2CC[C@@H]1O. The number of aliphatic hydroxyl groups is 3. The lowest BCUT2D eigenvalue weighted by atomic mass is 9.72. The fourth-order valence-corrected chi connectivity index (χ4v) is 11.2. The number of rotatable bonds is 7. The van der Waals surface area contributed by atoms with Crippen molar-refractivity contribution in [3.63, 3.8) is 0 Å². The van der Waals surface area contributed by atoms with Gasteiger partial charge >= 0.3 is 0 Å². The number of hydrogen-bond donors (Lipinski definition) is 3. The van der Waals surface area contributed by atoms with Gasteiger partial charge in [-0.3, -0.25) is 0 Å². The van der Waals surface area contributed by atoms with Crippen LogP contribution in [0, 0.1) is 0 Å². The Morgan fingerprint density at radius 2 is 1.43 bits per heavy atom. The Balaban J connectivity index is 0.938. The maximum absolute atomic E-state index is 11.3. The van der Waals surface area contributed by atoms with E-state index in [2.05, 4.69) is 27.4 Å². The van der Waals surface area contributed by atoms with E-state index in [1.165, 1.54) is 0 Å². The van der Waals surface area contributed by atoms with E-state index in [0.717, 1.165) is 32.1 Å². The molecule has 8 saturated heterocycles. The van der Waals surface area contributed by atoms with Gasteiger partial charge in [-0.25, -0.2) is 0 Å². The van der Waals surface area contributed by atoms with Gasteiger partial charge in [-0.2, -0.15) is 0 Å². The molecule has 3 N–H and O–H groups in total. The highest BCUT2D eigenvalue weighted by Crippen LogP contribution is 2.54. The maximum atomic E-state index is 11.3. The van der Waals surface area contributed by atoms with E-state index in [1.54, 1.807) is 0 Å². The van der Waals surface area contributed by atoms with Crippen molar-refractivity contribution in [2.24, 2.45) is 0 Å². The van der Waals surface area contributed by atoms with E-state index >= 15 is 0 Å². The highest BCUT2D eigenvalue weighted by molar-refractivity contribution is 5.13. The second kappa shape index (κ2) is 14.9. The normalized spacial score (nSPS) is 53.9. The van der Waals surface area contributed by atoms with Crippen molar-refractivity contribution in [2.45, 2.75) is 219 Å². The van der Waals surface area contributed by atoms with Crippen molar-refractivity contribution in [3.8, 4) is 0 Å². The van der Waals surface area contributed by atoms with Crippen LogP contribution in [-0.2, 0) is 37.9 Å². The van der Waals surface area contributed by atoms with Gasteiger partial charge < -0.3 is 53.2 Å². The van der Waals surface area contributed by atoms with Crippen LogP contribution < -0.4 is 0 Å². The number of aliphatic hydroxyl groups excluding tert-OH is 3. The van der Waals surface area contributed by atoms with E-state index in [0.29, 0.717) is 51.4 Å². The average molecular weight is 745 g/mol. The zero-order valence-corrected chi connectivity index (χ0v) is 32.2. The second-order valence-electron chi connectivity index (χ2n) is 18.2. The summed E-state index contributed by atoms with van der Waals surface area (Å²) in [5, 5.41) is 31.7. The van der Waals surface area contributed by atoms with Crippen LogP contribution in [0.5, 0.6) is 0 Å². The van der Waals surface area contributed by atoms with Gasteiger partial charge in [0.2, 0.25) is 0 Å². The first-order valence-electron chi connectivity index (χ1n) is 20.6. The minimum atomic E-state index is -0.835. The Labute approximate surface area is 315 Å². The molecule has 53 heavy (non-hydrogen) atoms. The first-order valence-corrected chi connectivity index (χ1v) is 20.6. The molecule has 0 bridgehead atoms. The zero-order chi connectivity index (χ0) is 37.2. The molecule has 11 heteroatoms. The van der Waals surface area contributed by atoms with E-state index in [9.17, 15) is 15.3 Å². The Hall–Kier alpha value is -1.22. The highest BCUT2D eigenvalue weighted by atomic mass is 16.6. The van der Waals surface area contributed by atoms with Gasteiger partial charge in [0.15, 0.2) is 0 Å². The van der Waals surface area contributed by atoms with Crippen LogP contribution in [-0.4, -0.2) is 130 Å². The lowest BCUT2D eigenvalue weighted by molar-refractivity contribution is -0.369. The van der Waals surface area contributed by atoms with Crippen LogP contribution in [0.25, 0.3) is 0 Å². The molecule has 0 aromatic heterocycles. The lowest BCUT2D eigenvalue weighted by Gasteiger charge is -2.61. The van der Waals surface area contributed by atoms with Crippen molar-refractivity contribution in [1.29, 1.82) is 0 Å². The Morgan fingerprint density at radius 3 is 2.25 bits per heavy atom. The molecule has 0 aliphatic carbocycles. The second-order valence-corrected chi connectivity index (χ2v) is 18.2. The maximum Gasteiger partial charge on any atom is 0.118 e. The highest BCUT2D eigenvalue weighted by Gasteiger charge is 2.64. The minimum Gasteiger partial charge on any atom is -0.396 e. The lowest BCUT2D eigenvalue weighted by Crippen LogP contribution is -2.72. The summed E-state index contributed by atoms with van der Waals surface area (Å²) in [6.07, 6.45) is 15.4. The topological polar surface area (TPSA) is 135 Å². The molecular weight excluding hydrogens is 680 g/mol. The molecule has 0 amide bonds. The van der Waals surface area contributed by atoms with Crippen molar-refractivity contribution in [2.75, 3.05) is 6.61 Å². The van der Waals surface area contributed by atoms with Crippen LogP contribution in [0.15, 0.2) is 37.0 Å². The third-order valence-corrected chi connectivity index (χ3v) is 14.1. The van der Waals surface area contributed by atoms with Gasteiger partial charge in [0.1, 0.15) is 11.7 Å². The minimum absolute atomic E-state index is 0.0893. The smallest absolute Gasteiger partial charge is 0.118 e. The van der Waals surface area contributed by atoms with Gasteiger partial charge in [-0.1, -0.05) is 30.4 Å². The summed E-state index contributed by atoms with van der Waals surface area (Å²) in [7, 11) is 0. The standard InChI is InChI=1S/C42H64O11/c1-6-7-8-9-10-13-27-26(44)14-15-29-31(47-27)21-36-41(4,51-29)24-40(3)35(50-36)17-16-28-32(52-40)20-30-33(48-28)23-39(2)37(49-30)22-38-42(5,53-39)34(45)19-25(46-38)12-11-18-43/h6,8-10,13,25-38,43-45H,1,7,11-12,14-24H2,2-5H3/b9-8-,13-10-/t25-,26-,27+,28+,29+,30+,31-,32-,33-,34-,35-,36+,37-,38+,39+,40+,41-,42-/m0/s1. The van der Waals surface area contributed by atoms with E-state index in [1.807, 2.05) is 37.3 Å². The number of allylic oxidation sites excluding steroid dienone is 4. The molecular formula is C42H64O11. The summed E-state index contributed by atoms with van der Waals surface area (Å²) in [5.41, 5.74) is -2.59. The summed E-state index contributed by atoms with van der Waals surface area (Å²) in [5.74, 6) is 0. The van der Waals surface area contributed by atoms with Crippen molar-refractivity contribution < 1.29 is 53.2 Å². The van der Waals surface area contributed by atoms with E-state index in [4.69, 9.17) is 37.9 Å². The van der Waals surface area contributed by atoms with Crippen LogP contribution in [0.3, 0.4) is 0 Å². The van der Waals surface area contributed by atoms with Crippen molar-refractivity contribution >= 4 is 0 Å². The molecule has 0 spiro atoms. The molecule has 8 fully saturated rings. The fourth-order valence-electron chi connectivity index (χ4n) is 11.2. The van der Waals surface area contributed by atoms with Crippen LogP contribution in [0.1, 0.15) is 111 Å². The van der Waals surface area contributed by atoms with E-state index < -0.39 is 40.7 Å².